The minimum Gasteiger partial charge on any atom is -0.504 e. The molecule has 1 N–H and O–H groups in total. The zero-order valence-electron chi connectivity index (χ0n) is 14.5. The topological polar surface area (TPSA) is 63.6 Å². The number of Topliss-reactive ketones (excluding diaryl/α,β-unsaturated/α-hetero) is 2. The molecule has 0 aliphatic carbocycles. The van der Waals surface area contributed by atoms with Crippen molar-refractivity contribution < 1.29 is 23.8 Å². The number of carbonyl (C=O) groups excluding carboxylic acids is 2. The van der Waals surface area contributed by atoms with Crippen LogP contribution in [0.15, 0.2) is 42.5 Å². The van der Waals surface area contributed by atoms with Crippen LogP contribution >= 0.6 is 0 Å². The van der Waals surface area contributed by atoms with Crippen LogP contribution in [-0.4, -0.2) is 23.8 Å². The molecule has 0 bridgehead atoms. The van der Waals surface area contributed by atoms with Crippen LogP contribution < -0.4 is 4.74 Å². The van der Waals surface area contributed by atoms with E-state index in [0.717, 1.165) is 5.56 Å². The molecule has 0 fully saturated rings. The van der Waals surface area contributed by atoms with E-state index in [9.17, 15) is 19.1 Å². The molecule has 0 atom stereocenters. The maximum absolute atomic E-state index is 13.0. The lowest BCUT2D eigenvalue weighted by molar-refractivity contribution is -0.124. The van der Waals surface area contributed by atoms with Crippen LogP contribution in [0.2, 0.25) is 0 Å². The first-order chi connectivity index (χ1) is 11.8. The summed E-state index contributed by atoms with van der Waals surface area (Å²) in [5, 5.41) is 9.60. The molecule has 0 heterocycles. The first-order valence-corrected chi connectivity index (χ1v) is 7.95. The Morgan fingerprint density at radius 3 is 2.36 bits per heavy atom. The highest BCUT2D eigenvalue weighted by atomic mass is 19.1. The fourth-order valence-electron chi connectivity index (χ4n) is 2.54. The molecule has 5 heteroatoms. The number of methoxy groups -OCH3 is 1. The number of hydrogen-bond donors (Lipinski definition) is 1. The van der Waals surface area contributed by atoms with Crippen molar-refractivity contribution >= 4 is 11.6 Å². The number of phenolic OH excluding ortho intramolecular Hbond substituents is 1. The Morgan fingerprint density at radius 2 is 1.76 bits per heavy atom. The molecule has 132 valence electrons. The van der Waals surface area contributed by atoms with E-state index in [1.807, 2.05) is 0 Å². The number of ketones is 2. The van der Waals surface area contributed by atoms with Crippen molar-refractivity contribution in [3.05, 3.63) is 59.4 Å². The van der Waals surface area contributed by atoms with E-state index in [1.54, 1.807) is 26.0 Å². The minimum absolute atomic E-state index is 0.0318. The van der Waals surface area contributed by atoms with E-state index in [4.69, 9.17) is 4.74 Å². The van der Waals surface area contributed by atoms with Gasteiger partial charge in [0.25, 0.3) is 0 Å². The molecular formula is C20H21FO4. The summed E-state index contributed by atoms with van der Waals surface area (Å²) >= 11 is 0. The summed E-state index contributed by atoms with van der Waals surface area (Å²) in [6.45, 7) is 3.16. The monoisotopic (exact) mass is 344 g/mol. The molecule has 0 saturated carbocycles. The largest absolute Gasteiger partial charge is 0.504 e. The Labute approximate surface area is 146 Å². The number of rotatable bonds is 7. The van der Waals surface area contributed by atoms with E-state index in [2.05, 4.69) is 0 Å². The lowest BCUT2D eigenvalue weighted by Crippen LogP contribution is -2.33. The van der Waals surface area contributed by atoms with Gasteiger partial charge in [-0.2, -0.15) is 0 Å². The summed E-state index contributed by atoms with van der Waals surface area (Å²) < 4.78 is 18.0. The number of carbonyl (C=O) groups is 2. The molecule has 2 aromatic carbocycles. The van der Waals surface area contributed by atoms with Crippen molar-refractivity contribution in [3.63, 3.8) is 0 Å². The molecule has 0 radical (unpaired) electrons. The van der Waals surface area contributed by atoms with Crippen LogP contribution in [0.25, 0.3) is 0 Å². The van der Waals surface area contributed by atoms with Gasteiger partial charge in [0.05, 0.1) is 12.5 Å². The van der Waals surface area contributed by atoms with Gasteiger partial charge >= 0.3 is 0 Å². The van der Waals surface area contributed by atoms with Crippen LogP contribution in [0.3, 0.4) is 0 Å². The van der Waals surface area contributed by atoms with Gasteiger partial charge in [0.15, 0.2) is 17.3 Å². The number of hydrogen-bond acceptors (Lipinski definition) is 4. The van der Waals surface area contributed by atoms with Crippen molar-refractivity contribution in [2.75, 3.05) is 7.11 Å². The van der Waals surface area contributed by atoms with E-state index in [-0.39, 0.29) is 23.7 Å². The standard InChI is InChI=1S/C20H21FO4/c1-20(2,19(24)14-6-8-15(21)9-7-14)18(23)11-5-13-4-10-16(22)17(12-13)25-3/h4,6-10,12,22H,5,11H2,1-3H3. The van der Waals surface area contributed by atoms with Crippen LogP contribution in [0.5, 0.6) is 11.5 Å². The molecule has 2 rings (SSSR count). The highest BCUT2D eigenvalue weighted by Gasteiger charge is 2.35. The van der Waals surface area contributed by atoms with Crippen molar-refractivity contribution in [2.45, 2.75) is 26.7 Å². The Morgan fingerprint density at radius 1 is 1.12 bits per heavy atom. The van der Waals surface area contributed by atoms with Gasteiger partial charge in [-0.3, -0.25) is 9.59 Å². The fourth-order valence-corrected chi connectivity index (χ4v) is 2.54. The second-order valence-electron chi connectivity index (χ2n) is 6.39. The zero-order valence-corrected chi connectivity index (χ0v) is 14.5. The van der Waals surface area contributed by atoms with Gasteiger partial charge in [-0.15, -0.1) is 0 Å². The first-order valence-electron chi connectivity index (χ1n) is 7.95. The van der Waals surface area contributed by atoms with Gasteiger partial charge in [0.1, 0.15) is 11.6 Å². The highest BCUT2D eigenvalue weighted by molar-refractivity contribution is 6.13. The molecule has 0 spiro atoms. The molecule has 0 aliphatic heterocycles. The lowest BCUT2D eigenvalue weighted by Gasteiger charge is -2.21. The molecule has 0 aliphatic rings. The van der Waals surface area contributed by atoms with Crippen LogP contribution in [0.4, 0.5) is 4.39 Å². The maximum Gasteiger partial charge on any atom is 0.175 e. The molecular weight excluding hydrogens is 323 g/mol. The van der Waals surface area contributed by atoms with Gasteiger partial charge in [0, 0.05) is 12.0 Å². The number of aromatic hydroxyl groups is 1. The summed E-state index contributed by atoms with van der Waals surface area (Å²) in [7, 11) is 1.45. The van der Waals surface area contributed by atoms with Gasteiger partial charge in [0.2, 0.25) is 0 Å². The quantitative estimate of drug-likeness (QED) is 0.610. The maximum atomic E-state index is 13.0. The van der Waals surface area contributed by atoms with Crippen LogP contribution in [0, 0.1) is 11.2 Å². The average Bonchev–Trinajstić information content (AvgIpc) is 2.60. The van der Waals surface area contributed by atoms with Gasteiger partial charge in [-0.1, -0.05) is 6.07 Å². The van der Waals surface area contributed by atoms with Crippen molar-refractivity contribution in [1.82, 2.24) is 0 Å². The number of phenols is 1. The lowest BCUT2D eigenvalue weighted by atomic mass is 9.78. The Bertz CT molecular complexity index is 779. The third kappa shape index (κ3) is 4.24. The third-order valence-electron chi connectivity index (χ3n) is 4.26. The van der Waals surface area contributed by atoms with Crippen molar-refractivity contribution in [2.24, 2.45) is 5.41 Å². The number of ether oxygens (including phenoxy) is 1. The Kier molecular flexibility index (Phi) is 5.57. The summed E-state index contributed by atoms with van der Waals surface area (Å²) in [5.41, 5.74) is -0.0576. The van der Waals surface area contributed by atoms with E-state index in [0.29, 0.717) is 17.7 Å². The second kappa shape index (κ2) is 7.47. The van der Waals surface area contributed by atoms with E-state index >= 15 is 0 Å². The zero-order chi connectivity index (χ0) is 18.6. The smallest absolute Gasteiger partial charge is 0.175 e. The molecule has 0 unspecified atom stereocenters. The second-order valence-corrected chi connectivity index (χ2v) is 6.39. The van der Waals surface area contributed by atoms with Crippen LogP contribution in [0.1, 0.15) is 36.2 Å². The first kappa shape index (κ1) is 18.6. The summed E-state index contributed by atoms with van der Waals surface area (Å²) in [4.78, 5) is 25.1. The predicted octanol–water partition coefficient (Wildman–Crippen LogP) is 3.95. The Hall–Kier alpha value is -2.69. The molecule has 0 amide bonds. The Balaban J connectivity index is 2.08. The number of halogens is 1. The normalized spacial score (nSPS) is 11.2. The minimum atomic E-state index is -1.20. The number of benzene rings is 2. The predicted molar refractivity (Wildman–Crippen MR) is 92.5 cm³/mol. The van der Waals surface area contributed by atoms with Crippen LogP contribution in [-0.2, 0) is 11.2 Å². The molecule has 2 aromatic rings. The molecule has 0 saturated heterocycles. The van der Waals surface area contributed by atoms with E-state index < -0.39 is 11.2 Å². The third-order valence-corrected chi connectivity index (χ3v) is 4.26. The number of aryl methyl sites for hydroxylation is 1. The van der Waals surface area contributed by atoms with Gasteiger partial charge in [-0.05, 0) is 62.2 Å². The SMILES string of the molecule is COc1cc(CCC(=O)C(C)(C)C(=O)c2ccc(F)cc2)ccc1O. The summed E-state index contributed by atoms with van der Waals surface area (Å²) in [6.07, 6.45) is 0.601. The van der Waals surface area contributed by atoms with Crippen molar-refractivity contribution in [3.8, 4) is 11.5 Å². The summed E-state index contributed by atoms with van der Waals surface area (Å²) in [5.74, 6) is -0.590. The van der Waals surface area contributed by atoms with E-state index in [1.165, 1.54) is 37.4 Å². The highest BCUT2D eigenvalue weighted by Crippen LogP contribution is 2.29. The fraction of sp³-hybridized carbons (Fsp3) is 0.300. The summed E-state index contributed by atoms with van der Waals surface area (Å²) in [6, 6.07) is 10.1. The molecule has 0 aromatic heterocycles. The van der Waals surface area contributed by atoms with Gasteiger partial charge < -0.3 is 9.84 Å². The molecule has 4 nitrogen and oxygen atoms in total. The van der Waals surface area contributed by atoms with Gasteiger partial charge in [-0.25, -0.2) is 4.39 Å². The average molecular weight is 344 g/mol. The molecule has 25 heavy (non-hydrogen) atoms. The van der Waals surface area contributed by atoms with Crippen molar-refractivity contribution in [1.29, 1.82) is 0 Å².